The molecular formula is C25H16I4O2S. The molecule has 0 spiro atoms. The summed E-state index contributed by atoms with van der Waals surface area (Å²) in [6, 6.07) is 26.0. The van der Waals surface area contributed by atoms with Crippen molar-refractivity contribution < 1.29 is 9.84 Å². The van der Waals surface area contributed by atoms with E-state index in [-0.39, 0.29) is 0 Å². The van der Waals surface area contributed by atoms with Crippen molar-refractivity contribution >= 4 is 101 Å². The van der Waals surface area contributed by atoms with E-state index in [4.69, 9.17) is 4.74 Å². The minimum Gasteiger partial charge on any atom is -0.506 e. The molecule has 0 unspecified atom stereocenters. The molecule has 32 heavy (non-hydrogen) atoms. The minimum atomic E-state index is -0.580. The highest BCUT2D eigenvalue weighted by Gasteiger charge is 2.27. The van der Waals surface area contributed by atoms with Gasteiger partial charge >= 0.3 is 0 Å². The number of benzene rings is 4. The van der Waals surface area contributed by atoms with Crippen LogP contribution in [0.3, 0.4) is 0 Å². The van der Waals surface area contributed by atoms with Gasteiger partial charge in [0.15, 0.2) is 0 Å². The molecule has 0 saturated heterocycles. The van der Waals surface area contributed by atoms with Gasteiger partial charge in [-0.1, -0.05) is 0 Å². The van der Waals surface area contributed by atoms with Crippen molar-refractivity contribution in [3.8, 4) is 22.6 Å². The average molecular weight is 888 g/mol. The van der Waals surface area contributed by atoms with Gasteiger partial charge < -0.3 is 9.84 Å². The van der Waals surface area contributed by atoms with Crippen LogP contribution in [0, 0.1) is 14.3 Å². The molecule has 5 rings (SSSR count). The zero-order chi connectivity index (χ0) is 22.4. The fourth-order valence-electron chi connectivity index (χ4n) is 3.83. The molecule has 1 heterocycles. The van der Waals surface area contributed by atoms with E-state index in [2.05, 4.69) is 139 Å². The Hall–Kier alpha value is -0.250. The van der Waals surface area contributed by atoms with Crippen LogP contribution in [0.5, 0.6) is 11.5 Å². The number of thiol groups is 1. The average Bonchev–Trinajstić information content (AvgIpc) is 3.08. The fraction of sp³-hybridized carbons (Fsp3) is 0.0400. The van der Waals surface area contributed by atoms with Gasteiger partial charge in [-0.25, -0.2) is 0 Å². The summed E-state index contributed by atoms with van der Waals surface area (Å²) in [5.41, 5.74) is 3.53. The lowest BCUT2D eigenvalue weighted by atomic mass is 10.1. The summed E-state index contributed by atoms with van der Waals surface area (Å²) >= 11 is 9.21. The number of ether oxygens (including phenoxy) is 1. The molecule has 1 N–H and O–H groups in total. The third kappa shape index (κ3) is 4.65. The van der Waals surface area contributed by atoms with Gasteiger partial charge in [-0.15, -0.1) is 0 Å². The largest absolute Gasteiger partial charge is 0.506 e. The predicted octanol–water partition coefficient (Wildman–Crippen LogP) is 8.85. The second kappa shape index (κ2) is 9.78. The topological polar surface area (TPSA) is 29.5 Å². The Bertz CT molecular complexity index is 1290. The van der Waals surface area contributed by atoms with Gasteiger partial charge in [-0.3, -0.25) is 0 Å². The van der Waals surface area contributed by atoms with Crippen LogP contribution in [0.25, 0.3) is 11.1 Å². The van der Waals surface area contributed by atoms with Crippen LogP contribution < -0.4 is 4.74 Å². The predicted molar refractivity (Wildman–Crippen MR) is 165 cm³/mol. The molecule has 0 atom stereocenters. The van der Waals surface area contributed by atoms with Crippen molar-refractivity contribution in [3.63, 3.8) is 0 Å². The van der Waals surface area contributed by atoms with Crippen LogP contribution in [0.1, 0.15) is 5.56 Å². The highest BCUT2D eigenvalue weighted by molar-refractivity contribution is 14.1. The molecule has 4 aromatic carbocycles. The Balaban J connectivity index is 1.44. The Kier molecular flexibility index (Phi) is 7.18. The molecule has 4 aromatic rings. The molecule has 0 bridgehead atoms. The summed E-state index contributed by atoms with van der Waals surface area (Å²) < 4.78 is 10.5. The summed E-state index contributed by atoms with van der Waals surface area (Å²) in [4.78, 5) is 4.16. The molecule has 0 aromatic heterocycles. The van der Waals surface area contributed by atoms with Crippen molar-refractivity contribution in [2.75, 3.05) is 0 Å². The molecule has 162 valence electrons. The molecule has 0 aliphatic carbocycles. The first-order chi connectivity index (χ1) is 15.4. The van der Waals surface area contributed by atoms with E-state index in [9.17, 15) is 5.11 Å². The molecule has 1 aliphatic heterocycles. The summed E-state index contributed by atoms with van der Waals surface area (Å²) in [5, 5.41) is 10.3. The van der Waals surface area contributed by atoms with Gasteiger partial charge in [-0.05, 0) is 179 Å². The van der Waals surface area contributed by atoms with Crippen molar-refractivity contribution in [1.82, 2.24) is 0 Å². The van der Waals surface area contributed by atoms with Gasteiger partial charge in [0, 0.05) is 26.1 Å². The molecular weight excluding hydrogens is 872 g/mol. The van der Waals surface area contributed by atoms with Crippen LogP contribution in [0.2, 0.25) is 0 Å². The van der Waals surface area contributed by atoms with Gasteiger partial charge in [0.05, 0.1) is 3.57 Å². The maximum Gasteiger partial charge on any atom is 0.135 e. The second-order valence-corrected chi connectivity index (χ2v) is 14.4. The van der Waals surface area contributed by atoms with Crippen LogP contribution in [-0.2, 0) is 6.61 Å². The monoisotopic (exact) mass is 888 g/mol. The van der Waals surface area contributed by atoms with E-state index >= 15 is 0 Å². The van der Waals surface area contributed by atoms with Gasteiger partial charge in [0.1, 0.15) is 18.1 Å². The Morgan fingerprint density at radius 3 is 1.88 bits per heavy atom. The third-order valence-corrected chi connectivity index (χ3v) is 10.6. The summed E-state index contributed by atoms with van der Waals surface area (Å²) in [7, 11) is -0.580. The third-order valence-electron chi connectivity index (χ3n) is 5.29. The summed E-state index contributed by atoms with van der Waals surface area (Å²) in [5.74, 6) is 1.11. The van der Waals surface area contributed by atoms with E-state index in [1.165, 1.54) is 33.0 Å². The summed E-state index contributed by atoms with van der Waals surface area (Å²) in [6.45, 7) is 0.343. The fourth-order valence-corrected chi connectivity index (χ4v) is 9.34. The van der Waals surface area contributed by atoms with Crippen LogP contribution >= 0.6 is 101 Å². The zero-order valence-corrected chi connectivity index (χ0v) is 26.0. The smallest absolute Gasteiger partial charge is 0.135 e. The molecule has 1 aliphatic rings. The van der Waals surface area contributed by atoms with E-state index < -0.39 is 10.9 Å². The molecule has 0 amide bonds. The van der Waals surface area contributed by atoms with Gasteiger partial charge in [-0.2, -0.15) is 10.9 Å². The highest BCUT2D eigenvalue weighted by atomic mass is 127. The van der Waals surface area contributed by atoms with Gasteiger partial charge in [0.2, 0.25) is 0 Å². The number of hydrogen-bond acceptors (Lipinski definition) is 2. The number of phenols is 1. The van der Waals surface area contributed by atoms with Crippen molar-refractivity contribution in [1.29, 1.82) is 0 Å². The highest BCUT2D eigenvalue weighted by Crippen LogP contribution is 2.62. The Morgan fingerprint density at radius 1 is 0.688 bits per heavy atom. The van der Waals surface area contributed by atoms with Crippen molar-refractivity contribution in [2.45, 2.75) is 21.3 Å². The van der Waals surface area contributed by atoms with Gasteiger partial charge in [0.25, 0.3) is 0 Å². The molecule has 0 saturated carbocycles. The minimum absolute atomic E-state index is 0.300. The summed E-state index contributed by atoms with van der Waals surface area (Å²) in [6.07, 6.45) is 0. The normalized spacial score (nSPS) is 13.1. The maximum absolute atomic E-state index is 10.3. The number of rotatable bonds is 4. The van der Waals surface area contributed by atoms with Crippen LogP contribution in [0.15, 0.2) is 87.5 Å². The standard InChI is InChI=1S/C25H16I4O2S/c26-15-1-7-23-20(10-15)21-11-16(27)2-8-24(21)32(23)19-5-3-18(4-6-19)31-13-14-9-17(28)12-22(29)25(14)30/h1-12,30,32H,13H2. The van der Waals surface area contributed by atoms with Crippen molar-refractivity contribution in [2.24, 2.45) is 0 Å². The van der Waals surface area contributed by atoms with Crippen LogP contribution in [-0.4, -0.2) is 5.11 Å². The maximum atomic E-state index is 10.3. The second-order valence-electron chi connectivity index (χ2n) is 7.34. The number of aromatic hydroxyl groups is 1. The Morgan fingerprint density at radius 2 is 1.28 bits per heavy atom. The number of halogens is 4. The quantitative estimate of drug-likeness (QED) is 0.140. The first-order valence-corrected chi connectivity index (χ1v) is 15.4. The lowest BCUT2D eigenvalue weighted by Gasteiger charge is -2.19. The van der Waals surface area contributed by atoms with E-state index in [1.807, 2.05) is 24.3 Å². The number of hydrogen-bond donors (Lipinski definition) is 2. The van der Waals surface area contributed by atoms with E-state index in [0.29, 0.717) is 12.4 Å². The lowest BCUT2D eigenvalue weighted by Crippen LogP contribution is -1.98. The van der Waals surface area contributed by atoms with E-state index in [1.54, 1.807) is 0 Å². The lowest BCUT2D eigenvalue weighted by molar-refractivity contribution is 0.298. The number of fused-ring (bicyclic) bond motifs is 3. The molecule has 0 radical (unpaired) electrons. The SMILES string of the molecule is Oc1c(I)cc(I)cc1COc1ccc([SH]2c3ccc(I)cc3-c3cc(I)ccc32)cc1. The van der Waals surface area contributed by atoms with Crippen molar-refractivity contribution in [3.05, 3.63) is 92.6 Å². The molecule has 2 nitrogen and oxygen atoms in total. The first kappa shape index (κ1) is 23.5. The van der Waals surface area contributed by atoms with Crippen LogP contribution in [0.4, 0.5) is 0 Å². The molecule has 7 heteroatoms. The molecule has 0 fully saturated rings. The zero-order valence-electron chi connectivity index (χ0n) is 16.4. The number of phenolic OH excluding ortho intramolecular Hbond substituents is 1. The first-order valence-electron chi connectivity index (χ1n) is 9.70. The van der Waals surface area contributed by atoms with E-state index in [0.717, 1.165) is 18.5 Å². The Labute approximate surface area is 244 Å².